The highest BCUT2D eigenvalue weighted by atomic mass is 16.5. The van der Waals surface area contributed by atoms with Gasteiger partial charge in [-0.3, -0.25) is 9.59 Å². The smallest absolute Gasteiger partial charge is 0.263 e. The minimum absolute atomic E-state index is 0.0347. The van der Waals surface area contributed by atoms with Gasteiger partial charge in [-0.05, 0) is 51.9 Å². The highest BCUT2D eigenvalue weighted by Crippen LogP contribution is 2.11. The molecule has 1 amide bonds. The van der Waals surface area contributed by atoms with Crippen LogP contribution >= 0.6 is 0 Å². The van der Waals surface area contributed by atoms with Crippen molar-refractivity contribution in [3.63, 3.8) is 0 Å². The molecular formula is C20H30N4O3. The number of nitrogens with one attached hydrogen (secondary N) is 1. The van der Waals surface area contributed by atoms with Gasteiger partial charge in [0.1, 0.15) is 5.56 Å². The van der Waals surface area contributed by atoms with E-state index in [-0.39, 0.29) is 23.7 Å². The van der Waals surface area contributed by atoms with Gasteiger partial charge in [-0.25, -0.2) is 0 Å². The molecule has 0 radical (unpaired) electrons. The molecule has 1 N–H and O–H groups in total. The van der Waals surface area contributed by atoms with Crippen molar-refractivity contribution in [2.24, 2.45) is 5.92 Å². The molecule has 1 atom stereocenters. The molecule has 0 aromatic carbocycles. The van der Waals surface area contributed by atoms with Crippen molar-refractivity contribution >= 4 is 5.91 Å². The molecule has 0 bridgehead atoms. The summed E-state index contributed by atoms with van der Waals surface area (Å²) in [6.07, 6.45) is 2.57. The summed E-state index contributed by atoms with van der Waals surface area (Å²) in [5.41, 5.74) is 1.42. The summed E-state index contributed by atoms with van der Waals surface area (Å²) >= 11 is 0. The second-order valence-corrected chi connectivity index (χ2v) is 7.76. The number of carbonyl (C=O) groups excluding carboxylic acids is 1. The monoisotopic (exact) mass is 374 g/mol. The standard InChI is InChI=1S/C20H30N4O3/c1-13(2)9-16-10-17(27-22-16)11-21-19(25)18-14(3)7-8-24(20(18)26)15(4)12-23(5)6/h7-8,10,13,15H,9,11-12H2,1-6H3,(H,21,25). The topological polar surface area (TPSA) is 80.4 Å². The number of rotatable bonds is 8. The predicted octanol–water partition coefficient (Wildman–Crippen LogP) is 2.40. The lowest BCUT2D eigenvalue weighted by Crippen LogP contribution is -2.36. The maximum atomic E-state index is 12.8. The molecule has 7 nitrogen and oxygen atoms in total. The van der Waals surface area contributed by atoms with E-state index >= 15 is 0 Å². The number of pyridine rings is 1. The quantitative estimate of drug-likeness (QED) is 0.767. The first-order valence-corrected chi connectivity index (χ1v) is 9.28. The number of amides is 1. The number of hydrogen-bond acceptors (Lipinski definition) is 5. The Hall–Kier alpha value is -2.41. The van der Waals surface area contributed by atoms with E-state index in [1.807, 2.05) is 32.0 Å². The summed E-state index contributed by atoms with van der Waals surface area (Å²) in [6, 6.07) is 3.61. The van der Waals surface area contributed by atoms with Crippen molar-refractivity contribution < 1.29 is 9.32 Å². The molecule has 0 aliphatic carbocycles. The summed E-state index contributed by atoms with van der Waals surface area (Å²) in [5.74, 6) is 0.659. The summed E-state index contributed by atoms with van der Waals surface area (Å²) < 4.78 is 6.87. The minimum atomic E-state index is -0.397. The number of aryl methyl sites for hydroxylation is 1. The Kier molecular flexibility index (Phi) is 6.96. The maximum Gasteiger partial charge on any atom is 0.263 e. The van der Waals surface area contributed by atoms with E-state index < -0.39 is 5.91 Å². The van der Waals surface area contributed by atoms with Gasteiger partial charge in [0.05, 0.1) is 12.2 Å². The van der Waals surface area contributed by atoms with Gasteiger partial charge in [0.15, 0.2) is 5.76 Å². The number of nitrogens with zero attached hydrogens (tertiary/aromatic N) is 3. The zero-order valence-corrected chi connectivity index (χ0v) is 17.1. The third-order valence-electron chi connectivity index (χ3n) is 4.31. The Morgan fingerprint density at radius 3 is 2.67 bits per heavy atom. The fraction of sp³-hybridized carbons (Fsp3) is 0.550. The zero-order chi connectivity index (χ0) is 20.1. The van der Waals surface area contributed by atoms with Crippen LogP contribution in [0.4, 0.5) is 0 Å². The molecule has 148 valence electrons. The molecule has 2 rings (SSSR count). The Bertz CT molecular complexity index is 836. The first kappa shape index (κ1) is 20.9. The molecule has 0 saturated carbocycles. The van der Waals surface area contributed by atoms with Crippen LogP contribution in [0, 0.1) is 12.8 Å². The van der Waals surface area contributed by atoms with E-state index in [1.165, 1.54) is 0 Å². The van der Waals surface area contributed by atoms with Gasteiger partial charge < -0.3 is 19.3 Å². The largest absolute Gasteiger partial charge is 0.359 e. The molecule has 0 spiro atoms. The molecule has 2 aromatic rings. The third-order valence-corrected chi connectivity index (χ3v) is 4.31. The lowest BCUT2D eigenvalue weighted by atomic mass is 10.1. The molecule has 0 fully saturated rings. The summed E-state index contributed by atoms with van der Waals surface area (Å²) in [5, 5.41) is 6.78. The van der Waals surface area contributed by atoms with Crippen LogP contribution in [0.2, 0.25) is 0 Å². The van der Waals surface area contributed by atoms with E-state index in [1.54, 1.807) is 23.8 Å². The Morgan fingerprint density at radius 1 is 1.33 bits per heavy atom. The molecule has 1 unspecified atom stereocenters. The zero-order valence-electron chi connectivity index (χ0n) is 17.1. The fourth-order valence-corrected chi connectivity index (χ4v) is 3.09. The molecule has 0 saturated heterocycles. The minimum Gasteiger partial charge on any atom is -0.359 e. The van der Waals surface area contributed by atoms with Crippen molar-refractivity contribution in [2.75, 3.05) is 20.6 Å². The second kappa shape index (κ2) is 8.99. The molecule has 2 aromatic heterocycles. The van der Waals surface area contributed by atoms with Crippen LogP contribution in [0.5, 0.6) is 0 Å². The Labute approximate surface area is 160 Å². The number of hydrogen-bond donors (Lipinski definition) is 1. The first-order chi connectivity index (χ1) is 12.7. The van der Waals surface area contributed by atoms with Gasteiger partial charge in [0, 0.05) is 24.8 Å². The van der Waals surface area contributed by atoms with Crippen LogP contribution in [0.3, 0.4) is 0 Å². The maximum absolute atomic E-state index is 12.8. The van der Waals surface area contributed by atoms with Crippen molar-refractivity contribution in [3.8, 4) is 0 Å². The average Bonchev–Trinajstić information content (AvgIpc) is 2.98. The van der Waals surface area contributed by atoms with Crippen molar-refractivity contribution in [3.05, 3.63) is 51.3 Å². The number of carbonyl (C=O) groups is 1. The van der Waals surface area contributed by atoms with E-state index in [0.717, 1.165) is 12.1 Å². The van der Waals surface area contributed by atoms with Crippen molar-refractivity contribution in [2.45, 2.75) is 46.7 Å². The number of aromatic nitrogens is 2. The van der Waals surface area contributed by atoms with Crippen molar-refractivity contribution in [1.82, 2.24) is 19.9 Å². The van der Waals surface area contributed by atoms with Gasteiger partial charge in [0.2, 0.25) is 0 Å². The lowest BCUT2D eigenvalue weighted by molar-refractivity contribution is 0.0944. The molecule has 7 heteroatoms. The normalized spacial score (nSPS) is 12.6. The highest BCUT2D eigenvalue weighted by Gasteiger charge is 2.19. The van der Waals surface area contributed by atoms with E-state index in [0.29, 0.717) is 23.8 Å². The third kappa shape index (κ3) is 5.53. The summed E-state index contributed by atoms with van der Waals surface area (Å²) in [7, 11) is 3.91. The van der Waals surface area contributed by atoms with Crippen LogP contribution in [0.1, 0.15) is 54.2 Å². The van der Waals surface area contributed by atoms with Gasteiger partial charge in [-0.2, -0.15) is 0 Å². The predicted molar refractivity (Wildman–Crippen MR) is 105 cm³/mol. The summed E-state index contributed by atoms with van der Waals surface area (Å²) in [6.45, 7) is 8.86. The van der Waals surface area contributed by atoms with Crippen molar-refractivity contribution in [1.29, 1.82) is 0 Å². The SMILES string of the molecule is Cc1ccn(C(C)CN(C)C)c(=O)c1C(=O)NCc1cc(CC(C)C)no1. The van der Waals surface area contributed by atoms with Crippen LogP contribution in [-0.2, 0) is 13.0 Å². The summed E-state index contributed by atoms with van der Waals surface area (Å²) in [4.78, 5) is 27.5. The van der Waals surface area contributed by atoms with Gasteiger partial charge >= 0.3 is 0 Å². The van der Waals surface area contributed by atoms with Gasteiger partial charge in [0.25, 0.3) is 11.5 Å². The molecule has 0 aliphatic heterocycles. The molecule has 2 heterocycles. The van der Waals surface area contributed by atoms with Crippen LogP contribution in [0.25, 0.3) is 0 Å². The van der Waals surface area contributed by atoms with E-state index in [4.69, 9.17) is 4.52 Å². The average molecular weight is 374 g/mol. The Balaban J connectivity index is 2.13. The Morgan fingerprint density at radius 2 is 2.04 bits per heavy atom. The second-order valence-electron chi connectivity index (χ2n) is 7.76. The number of likely N-dealkylation sites (N-methyl/N-ethyl adjacent to an activating group) is 1. The molecule has 27 heavy (non-hydrogen) atoms. The van der Waals surface area contributed by atoms with Crippen LogP contribution < -0.4 is 10.9 Å². The van der Waals surface area contributed by atoms with Crippen LogP contribution in [0.15, 0.2) is 27.6 Å². The fourth-order valence-electron chi connectivity index (χ4n) is 3.09. The van der Waals surface area contributed by atoms with Gasteiger partial charge in [-0.15, -0.1) is 0 Å². The highest BCUT2D eigenvalue weighted by molar-refractivity contribution is 5.95. The van der Waals surface area contributed by atoms with E-state index in [2.05, 4.69) is 24.3 Å². The van der Waals surface area contributed by atoms with Gasteiger partial charge in [-0.1, -0.05) is 19.0 Å². The molecule has 0 aliphatic rings. The van der Waals surface area contributed by atoms with E-state index in [9.17, 15) is 9.59 Å². The molecular weight excluding hydrogens is 344 g/mol. The first-order valence-electron chi connectivity index (χ1n) is 9.28. The lowest BCUT2D eigenvalue weighted by Gasteiger charge is -2.20. The van der Waals surface area contributed by atoms with Crippen LogP contribution in [-0.4, -0.2) is 41.2 Å².